The number of hydrogen-bond donors (Lipinski definition) is 3. The summed E-state index contributed by atoms with van der Waals surface area (Å²) in [6, 6.07) is 14.2. The predicted molar refractivity (Wildman–Crippen MR) is 133 cm³/mol. The zero-order chi connectivity index (χ0) is 24.1. The van der Waals surface area contributed by atoms with Gasteiger partial charge in [-0.05, 0) is 49.6 Å². The van der Waals surface area contributed by atoms with Crippen molar-refractivity contribution in [1.82, 2.24) is 9.88 Å². The van der Waals surface area contributed by atoms with Crippen molar-refractivity contribution in [2.75, 3.05) is 23.7 Å². The van der Waals surface area contributed by atoms with Crippen LogP contribution in [0.4, 0.5) is 15.9 Å². The number of amidine groups is 1. The Hall–Kier alpha value is -4.01. The lowest BCUT2D eigenvalue weighted by atomic mass is 9.99. The number of anilines is 2. The molecule has 1 aliphatic heterocycles. The monoisotopic (exact) mass is 457 g/mol. The van der Waals surface area contributed by atoms with Gasteiger partial charge >= 0.3 is 0 Å². The fraction of sp³-hybridized carbons (Fsp3) is 0.200. The van der Waals surface area contributed by atoms with Crippen LogP contribution in [0.1, 0.15) is 45.5 Å². The van der Waals surface area contributed by atoms with Gasteiger partial charge in [0.25, 0.3) is 11.8 Å². The van der Waals surface area contributed by atoms with E-state index in [1.54, 1.807) is 42.6 Å². The summed E-state index contributed by atoms with van der Waals surface area (Å²) in [5.74, 6) is -1.20. The summed E-state index contributed by atoms with van der Waals surface area (Å²) in [5.41, 5.74) is 1.71. The maximum Gasteiger partial charge on any atom is 0.258 e. The van der Waals surface area contributed by atoms with Gasteiger partial charge in [0.1, 0.15) is 25.3 Å². The molecule has 0 aliphatic carbocycles. The first-order chi connectivity index (χ1) is 16.4. The number of piperidine rings is 1. The molecule has 4 rings (SSSR count). The molecule has 0 bridgehead atoms. The lowest BCUT2D eigenvalue weighted by Crippen LogP contribution is -2.35. The second-order valence-corrected chi connectivity index (χ2v) is 8.27. The Morgan fingerprint density at radius 1 is 0.941 bits per heavy atom. The highest BCUT2D eigenvalue weighted by atomic mass is 19.1. The largest absolute Gasteiger partial charge is 0.357 e. The number of aromatic nitrogens is 1. The van der Waals surface area contributed by atoms with Crippen LogP contribution in [0.2, 0.25) is 0 Å². The van der Waals surface area contributed by atoms with Crippen LogP contribution in [0.25, 0.3) is 0 Å². The van der Waals surface area contributed by atoms with Gasteiger partial charge in [0.05, 0.1) is 16.8 Å². The second-order valence-electron chi connectivity index (χ2n) is 8.27. The van der Waals surface area contributed by atoms with Crippen molar-refractivity contribution in [2.45, 2.75) is 19.3 Å². The van der Waals surface area contributed by atoms with E-state index in [9.17, 15) is 14.0 Å². The second kappa shape index (κ2) is 10.3. The van der Waals surface area contributed by atoms with E-state index in [1.807, 2.05) is 18.8 Å². The van der Waals surface area contributed by atoms with E-state index in [0.717, 1.165) is 37.8 Å². The highest BCUT2D eigenvalue weighted by Crippen LogP contribution is 2.20. The number of likely N-dealkylation sites (tertiary alicyclic amines) is 1. The summed E-state index contributed by atoms with van der Waals surface area (Å²) in [6.45, 7) is 1.55. The molecule has 3 aromatic rings. The molecule has 1 aliphatic rings. The van der Waals surface area contributed by atoms with Gasteiger partial charge < -0.3 is 15.5 Å². The average Bonchev–Trinajstić information content (AvgIpc) is 2.85. The molecule has 0 spiro atoms. The number of halogens is 1. The lowest BCUT2D eigenvalue weighted by Gasteiger charge is -2.29. The highest BCUT2D eigenvalue weighted by molar-refractivity contribution is 6.32. The number of amides is 2. The van der Waals surface area contributed by atoms with Gasteiger partial charge in [-0.2, -0.15) is 0 Å². The van der Waals surface area contributed by atoms with Crippen LogP contribution in [-0.4, -0.2) is 48.5 Å². The van der Waals surface area contributed by atoms with Crippen LogP contribution in [0.3, 0.4) is 0 Å². The van der Waals surface area contributed by atoms with Gasteiger partial charge in [-0.15, -0.1) is 0 Å². The van der Waals surface area contributed by atoms with Crippen LogP contribution in [0.5, 0.6) is 0 Å². The molecule has 7 nitrogen and oxygen atoms in total. The van der Waals surface area contributed by atoms with Gasteiger partial charge in [-0.1, -0.05) is 29.7 Å². The smallest absolute Gasteiger partial charge is 0.258 e. The highest BCUT2D eigenvalue weighted by Gasteiger charge is 2.20. The van der Waals surface area contributed by atoms with Gasteiger partial charge in [-0.3, -0.25) is 15.0 Å². The van der Waals surface area contributed by atoms with Crippen LogP contribution >= 0.6 is 0 Å². The molecule has 34 heavy (non-hydrogen) atoms. The van der Waals surface area contributed by atoms with Crippen molar-refractivity contribution in [1.29, 1.82) is 5.41 Å². The number of nitrogens with one attached hydrogen (secondary N) is 3. The summed E-state index contributed by atoms with van der Waals surface area (Å²) < 4.78 is 14.8. The number of carbonyl (C=O) groups excluding carboxylic acids is 2. The van der Waals surface area contributed by atoms with E-state index < -0.39 is 17.6 Å². The van der Waals surface area contributed by atoms with E-state index in [0.29, 0.717) is 11.4 Å². The molecule has 3 N–H and O–H groups in total. The standard InChI is InChI=1S/C25H25BFN5O2/c26-17-9-11-22(29-15-17)31-25(34)19-6-2-3-7-21(19)30-24(33)18-10-8-16(14-20(18)27)23(28)32-12-4-1-5-13-32/h2-3,6-11,14-15,28H,1,4-5,12-13,26H2,(H,30,33)(H,29,31,34). The fourth-order valence-corrected chi connectivity index (χ4v) is 3.85. The first-order valence-electron chi connectivity index (χ1n) is 11.2. The topological polar surface area (TPSA) is 98.2 Å². The maximum atomic E-state index is 14.8. The molecule has 1 fully saturated rings. The molecule has 1 saturated heterocycles. The number of para-hydroxylation sites is 1. The SMILES string of the molecule is Bc1ccc(NC(=O)c2ccccc2NC(=O)c2ccc(C(=N)N3CCCCC3)cc2F)nc1. The van der Waals surface area contributed by atoms with Crippen LogP contribution < -0.4 is 16.1 Å². The third kappa shape index (κ3) is 5.31. The van der Waals surface area contributed by atoms with Crippen molar-refractivity contribution in [2.24, 2.45) is 0 Å². The molecule has 0 unspecified atom stereocenters. The van der Waals surface area contributed by atoms with Crippen LogP contribution in [-0.2, 0) is 0 Å². The van der Waals surface area contributed by atoms with Crippen molar-refractivity contribution in [3.8, 4) is 0 Å². The minimum Gasteiger partial charge on any atom is -0.357 e. The Labute approximate surface area is 198 Å². The van der Waals surface area contributed by atoms with E-state index >= 15 is 0 Å². The predicted octanol–water partition coefficient (Wildman–Crippen LogP) is 2.79. The number of hydrogen-bond acceptors (Lipinski definition) is 4. The summed E-state index contributed by atoms with van der Waals surface area (Å²) in [6.07, 6.45) is 4.80. The van der Waals surface area contributed by atoms with Crippen LogP contribution in [0.15, 0.2) is 60.8 Å². The molecular weight excluding hydrogens is 432 g/mol. The molecule has 2 amide bonds. The third-order valence-corrected chi connectivity index (χ3v) is 5.73. The Morgan fingerprint density at radius 3 is 2.38 bits per heavy atom. The Bertz CT molecular complexity index is 1230. The van der Waals surface area contributed by atoms with Crippen molar-refractivity contribution in [3.05, 3.63) is 83.3 Å². The summed E-state index contributed by atoms with van der Waals surface area (Å²) >= 11 is 0. The summed E-state index contributed by atoms with van der Waals surface area (Å²) in [4.78, 5) is 31.7. The molecular formula is C25H25BFN5O2. The zero-order valence-corrected chi connectivity index (χ0v) is 18.9. The lowest BCUT2D eigenvalue weighted by molar-refractivity contribution is 0.102. The van der Waals surface area contributed by atoms with Crippen molar-refractivity contribution < 1.29 is 14.0 Å². The molecule has 172 valence electrons. The number of pyridine rings is 1. The number of carbonyl (C=O) groups is 2. The van der Waals surface area contributed by atoms with Gasteiger partial charge in [-0.25, -0.2) is 9.37 Å². The summed E-state index contributed by atoms with van der Waals surface area (Å²) in [5, 5.41) is 13.7. The van der Waals surface area contributed by atoms with E-state index in [4.69, 9.17) is 5.41 Å². The first-order valence-corrected chi connectivity index (χ1v) is 11.2. The maximum absolute atomic E-state index is 14.8. The van der Waals surface area contributed by atoms with Gasteiger partial charge in [0.15, 0.2) is 0 Å². The molecule has 9 heteroatoms. The van der Waals surface area contributed by atoms with Crippen molar-refractivity contribution >= 4 is 42.5 Å². The molecule has 2 aromatic carbocycles. The minimum absolute atomic E-state index is 0.161. The average molecular weight is 457 g/mol. The molecule has 0 saturated carbocycles. The molecule has 1 aromatic heterocycles. The quantitative estimate of drug-likeness (QED) is 0.312. The number of rotatable bonds is 5. The third-order valence-electron chi connectivity index (χ3n) is 5.73. The molecule has 0 atom stereocenters. The zero-order valence-electron chi connectivity index (χ0n) is 18.9. The molecule has 2 heterocycles. The normalized spacial score (nSPS) is 13.3. The Balaban J connectivity index is 1.49. The number of benzene rings is 2. The fourth-order valence-electron chi connectivity index (χ4n) is 3.85. The Kier molecular flexibility index (Phi) is 7.01. The first kappa shape index (κ1) is 23.2. The molecule has 0 radical (unpaired) electrons. The van der Waals surface area contributed by atoms with E-state index in [-0.39, 0.29) is 22.6 Å². The van der Waals surface area contributed by atoms with Gasteiger partial charge in [0.2, 0.25) is 0 Å². The Morgan fingerprint density at radius 2 is 1.68 bits per heavy atom. The minimum atomic E-state index is -0.720. The van der Waals surface area contributed by atoms with E-state index in [1.165, 1.54) is 12.1 Å². The van der Waals surface area contributed by atoms with E-state index in [2.05, 4.69) is 15.6 Å². The van der Waals surface area contributed by atoms with Gasteiger partial charge in [0, 0.05) is 24.8 Å². The van der Waals surface area contributed by atoms with Crippen LogP contribution in [0, 0.1) is 11.2 Å². The number of nitrogens with zero attached hydrogens (tertiary/aromatic N) is 2. The van der Waals surface area contributed by atoms with Crippen molar-refractivity contribution in [3.63, 3.8) is 0 Å². The summed E-state index contributed by atoms with van der Waals surface area (Å²) in [7, 11) is 1.89.